The molecule has 0 aliphatic heterocycles. The van der Waals surface area contributed by atoms with Gasteiger partial charge in [0.2, 0.25) is 0 Å². The fourth-order valence-corrected chi connectivity index (χ4v) is 2.55. The summed E-state index contributed by atoms with van der Waals surface area (Å²) < 4.78 is 5.63. The molecular formula is C18H25NO4. The van der Waals surface area contributed by atoms with Crippen molar-refractivity contribution in [2.45, 2.75) is 64.0 Å². The maximum Gasteiger partial charge on any atom is 0.329 e. The second-order valence-corrected chi connectivity index (χ2v) is 7.26. The fourth-order valence-electron chi connectivity index (χ4n) is 2.55. The van der Waals surface area contributed by atoms with E-state index in [0.717, 1.165) is 6.42 Å². The van der Waals surface area contributed by atoms with Crippen LogP contribution in [-0.4, -0.2) is 28.6 Å². The van der Waals surface area contributed by atoms with Gasteiger partial charge < -0.3 is 15.2 Å². The maximum atomic E-state index is 12.2. The lowest BCUT2D eigenvalue weighted by Crippen LogP contribution is -2.61. The highest BCUT2D eigenvalue weighted by Crippen LogP contribution is 2.32. The highest BCUT2D eigenvalue weighted by Gasteiger charge is 2.46. The molecular weight excluding hydrogens is 294 g/mol. The third-order valence-corrected chi connectivity index (χ3v) is 4.38. The van der Waals surface area contributed by atoms with Crippen molar-refractivity contribution in [3.8, 4) is 5.75 Å². The molecule has 2 rings (SSSR count). The predicted molar refractivity (Wildman–Crippen MR) is 87.6 cm³/mol. The average Bonchev–Trinajstić information content (AvgIpc) is 2.41. The number of carboxylic acid groups (broad SMARTS) is 1. The molecule has 5 heteroatoms. The molecule has 0 spiro atoms. The molecule has 1 fully saturated rings. The molecule has 1 saturated carbocycles. The SMILES string of the molecule is CC(Oc1ccc(C(C)(C)C)cc1)C(=O)NC1(C(=O)O)CCC1. The summed E-state index contributed by atoms with van der Waals surface area (Å²) in [5.74, 6) is -0.774. The fraction of sp³-hybridized carbons (Fsp3) is 0.556. The second-order valence-electron chi connectivity index (χ2n) is 7.26. The van der Waals surface area contributed by atoms with Crippen LogP contribution in [0.15, 0.2) is 24.3 Å². The topological polar surface area (TPSA) is 75.6 Å². The first-order valence-corrected chi connectivity index (χ1v) is 7.97. The average molecular weight is 319 g/mol. The van der Waals surface area contributed by atoms with Gasteiger partial charge in [-0.15, -0.1) is 0 Å². The van der Waals surface area contributed by atoms with E-state index in [2.05, 4.69) is 26.1 Å². The molecule has 0 radical (unpaired) electrons. The Balaban J connectivity index is 1.97. The smallest absolute Gasteiger partial charge is 0.329 e. The molecule has 0 aromatic heterocycles. The largest absolute Gasteiger partial charge is 0.481 e. The van der Waals surface area contributed by atoms with Crippen LogP contribution in [0, 0.1) is 0 Å². The summed E-state index contributed by atoms with van der Waals surface area (Å²) in [4.78, 5) is 23.5. The number of carbonyl (C=O) groups excluding carboxylic acids is 1. The zero-order valence-electron chi connectivity index (χ0n) is 14.2. The van der Waals surface area contributed by atoms with Gasteiger partial charge in [0.05, 0.1) is 0 Å². The van der Waals surface area contributed by atoms with Gasteiger partial charge in [0.15, 0.2) is 6.10 Å². The van der Waals surface area contributed by atoms with Crippen LogP contribution in [0.4, 0.5) is 0 Å². The summed E-state index contributed by atoms with van der Waals surface area (Å²) in [6, 6.07) is 7.62. The molecule has 126 valence electrons. The highest BCUT2D eigenvalue weighted by molar-refractivity contribution is 5.89. The van der Waals surface area contributed by atoms with Crippen LogP contribution in [0.3, 0.4) is 0 Å². The Morgan fingerprint density at radius 1 is 1.22 bits per heavy atom. The molecule has 1 amide bonds. The number of nitrogens with one attached hydrogen (secondary N) is 1. The van der Waals surface area contributed by atoms with Gasteiger partial charge in [-0.25, -0.2) is 4.79 Å². The van der Waals surface area contributed by atoms with Gasteiger partial charge in [-0.3, -0.25) is 4.79 Å². The summed E-state index contributed by atoms with van der Waals surface area (Å²) >= 11 is 0. The van der Waals surface area contributed by atoms with Crippen LogP contribution in [-0.2, 0) is 15.0 Å². The molecule has 1 aliphatic carbocycles. The first-order chi connectivity index (χ1) is 10.6. The van der Waals surface area contributed by atoms with Crippen molar-refractivity contribution in [3.63, 3.8) is 0 Å². The quantitative estimate of drug-likeness (QED) is 0.875. The molecule has 1 atom stereocenters. The molecule has 0 heterocycles. The second kappa shape index (κ2) is 6.22. The molecule has 1 aromatic carbocycles. The minimum absolute atomic E-state index is 0.0552. The van der Waals surface area contributed by atoms with Crippen molar-refractivity contribution in [2.75, 3.05) is 0 Å². The number of hydrogen-bond acceptors (Lipinski definition) is 3. The van der Waals surface area contributed by atoms with Crippen LogP contribution < -0.4 is 10.1 Å². The molecule has 1 aromatic rings. The first-order valence-electron chi connectivity index (χ1n) is 7.97. The lowest BCUT2D eigenvalue weighted by molar-refractivity contribution is -0.152. The van der Waals surface area contributed by atoms with Gasteiger partial charge in [-0.05, 0) is 49.3 Å². The minimum atomic E-state index is -1.11. The van der Waals surface area contributed by atoms with E-state index < -0.39 is 23.5 Å². The third kappa shape index (κ3) is 3.84. The van der Waals surface area contributed by atoms with Crippen molar-refractivity contribution in [1.29, 1.82) is 0 Å². The summed E-state index contributed by atoms with van der Waals surface area (Å²) in [5.41, 5.74) is 0.131. The molecule has 5 nitrogen and oxygen atoms in total. The standard InChI is InChI=1S/C18H25NO4/c1-12(15(20)19-18(16(21)22)10-5-11-18)23-14-8-6-13(7-9-14)17(2,3)4/h6-9,12H,5,10-11H2,1-4H3,(H,19,20)(H,21,22). The number of aliphatic carboxylic acids is 1. The van der Waals surface area contributed by atoms with Crippen molar-refractivity contribution >= 4 is 11.9 Å². The normalized spacial score (nSPS) is 17.7. The molecule has 0 saturated heterocycles. The third-order valence-electron chi connectivity index (χ3n) is 4.38. The number of carboxylic acids is 1. The molecule has 0 bridgehead atoms. The van der Waals surface area contributed by atoms with Crippen molar-refractivity contribution in [2.24, 2.45) is 0 Å². The number of benzene rings is 1. The van der Waals surface area contributed by atoms with Crippen molar-refractivity contribution in [3.05, 3.63) is 29.8 Å². The number of rotatable bonds is 5. The Labute approximate surface area is 137 Å². The van der Waals surface area contributed by atoms with Gasteiger partial charge in [-0.1, -0.05) is 32.9 Å². The lowest BCUT2D eigenvalue weighted by Gasteiger charge is -2.38. The molecule has 2 N–H and O–H groups in total. The van der Waals surface area contributed by atoms with Crippen molar-refractivity contribution in [1.82, 2.24) is 5.32 Å². The zero-order valence-corrected chi connectivity index (χ0v) is 14.2. The van der Waals surface area contributed by atoms with E-state index in [1.807, 2.05) is 24.3 Å². The van der Waals surface area contributed by atoms with E-state index in [0.29, 0.717) is 18.6 Å². The Bertz CT molecular complexity index is 582. The van der Waals surface area contributed by atoms with Crippen LogP contribution >= 0.6 is 0 Å². The number of ether oxygens (including phenoxy) is 1. The lowest BCUT2D eigenvalue weighted by atomic mass is 9.76. The number of hydrogen-bond donors (Lipinski definition) is 2. The van der Waals surface area contributed by atoms with Gasteiger partial charge in [0, 0.05) is 0 Å². The van der Waals surface area contributed by atoms with Gasteiger partial charge in [0.25, 0.3) is 5.91 Å². The van der Waals surface area contributed by atoms with Crippen molar-refractivity contribution < 1.29 is 19.4 Å². The van der Waals surface area contributed by atoms with Crippen LogP contribution in [0.5, 0.6) is 5.75 Å². The predicted octanol–water partition coefficient (Wildman–Crippen LogP) is 2.87. The monoisotopic (exact) mass is 319 g/mol. The summed E-state index contributed by atoms with van der Waals surface area (Å²) in [7, 11) is 0. The van der Waals surface area contributed by atoms with E-state index in [9.17, 15) is 14.7 Å². The van der Waals surface area contributed by atoms with E-state index in [1.165, 1.54) is 5.56 Å². The van der Waals surface area contributed by atoms with E-state index in [4.69, 9.17) is 4.74 Å². The van der Waals surface area contributed by atoms with Gasteiger partial charge in [0.1, 0.15) is 11.3 Å². The Morgan fingerprint density at radius 2 is 1.78 bits per heavy atom. The van der Waals surface area contributed by atoms with Crippen LogP contribution in [0.2, 0.25) is 0 Å². The molecule has 1 aliphatic rings. The van der Waals surface area contributed by atoms with Gasteiger partial charge >= 0.3 is 5.97 Å². The van der Waals surface area contributed by atoms with E-state index in [-0.39, 0.29) is 5.41 Å². The Morgan fingerprint density at radius 3 is 2.17 bits per heavy atom. The summed E-state index contributed by atoms with van der Waals surface area (Å²) in [5, 5.41) is 11.9. The summed E-state index contributed by atoms with van der Waals surface area (Å²) in [6.07, 6.45) is 1.02. The maximum absolute atomic E-state index is 12.2. The van der Waals surface area contributed by atoms with E-state index >= 15 is 0 Å². The number of amides is 1. The van der Waals surface area contributed by atoms with Crippen LogP contribution in [0.25, 0.3) is 0 Å². The molecule has 1 unspecified atom stereocenters. The Hall–Kier alpha value is -2.04. The Kier molecular flexibility index (Phi) is 4.68. The minimum Gasteiger partial charge on any atom is -0.481 e. The van der Waals surface area contributed by atoms with Crippen LogP contribution in [0.1, 0.15) is 52.5 Å². The summed E-state index contributed by atoms with van der Waals surface area (Å²) in [6.45, 7) is 8.01. The first kappa shape index (κ1) is 17.3. The number of carbonyl (C=O) groups is 2. The van der Waals surface area contributed by atoms with Gasteiger partial charge in [-0.2, -0.15) is 0 Å². The highest BCUT2D eigenvalue weighted by atomic mass is 16.5. The molecule has 23 heavy (non-hydrogen) atoms. The van der Waals surface area contributed by atoms with E-state index in [1.54, 1.807) is 6.92 Å². The zero-order chi connectivity index (χ0) is 17.3.